The molecule has 0 spiro atoms. The number of para-hydroxylation sites is 1. The SMILES string of the molecule is C=CCCNCCc1cccc2cccnc12. The Balaban J connectivity index is 2.01. The van der Waals surface area contributed by atoms with Gasteiger partial charge in [-0.25, -0.2) is 0 Å². The van der Waals surface area contributed by atoms with Crippen LogP contribution in [0.5, 0.6) is 0 Å². The number of aromatic nitrogens is 1. The van der Waals surface area contributed by atoms with E-state index >= 15 is 0 Å². The molecule has 88 valence electrons. The number of benzene rings is 1. The van der Waals surface area contributed by atoms with Gasteiger partial charge in [0.25, 0.3) is 0 Å². The van der Waals surface area contributed by atoms with Gasteiger partial charge in [0.2, 0.25) is 0 Å². The molecular formula is C15H18N2. The molecule has 0 aliphatic carbocycles. The Labute approximate surface area is 102 Å². The average molecular weight is 226 g/mol. The van der Waals surface area contributed by atoms with E-state index in [2.05, 4.69) is 41.1 Å². The number of fused-ring (bicyclic) bond motifs is 1. The van der Waals surface area contributed by atoms with E-state index in [1.807, 2.05) is 18.3 Å². The van der Waals surface area contributed by atoms with Gasteiger partial charge in [0.1, 0.15) is 0 Å². The van der Waals surface area contributed by atoms with Crippen molar-refractivity contribution >= 4 is 10.9 Å². The maximum Gasteiger partial charge on any atom is 0.0734 e. The first kappa shape index (κ1) is 11.8. The number of nitrogens with one attached hydrogen (secondary N) is 1. The zero-order chi connectivity index (χ0) is 11.9. The van der Waals surface area contributed by atoms with Crippen molar-refractivity contribution in [3.05, 3.63) is 54.7 Å². The normalized spacial score (nSPS) is 10.6. The van der Waals surface area contributed by atoms with Crippen LogP contribution in [0, 0.1) is 0 Å². The van der Waals surface area contributed by atoms with Crippen molar-refractivity contribution in [1.82, 2.24) is 10.3 Å². The Morgan fingerprint density at radius 1 is 1.18 bits per heavy atom. The summed E-state index contributed by atoms with van der Waals surface area (Å²) >= 11 is 0. The molecule has 1 heterocycles. The topological polar surface area (TPSA) is 24.9 Å². The third-order valence-corrected chi connectivity index (χ3v) is 2.81. The molecular weight excluding hydrogens is 208 g/mol. The van der Waals surface area contributed by atoms with Gasteiger partial charge in [0.05, 0.1) is 5.52 Å². The minimum absolute atomic E-state index is 0.990. The summed E-state index contributed by atoms with van der Waals surface area (Å²) in [5, 5.41) is 4.62. The molecule has 2 rings (SSSR count). The third-order valence-electron chi connectivity index (χ3n) is 2.81. The van der Waals surface area contributed by atoms with E-state index in [-0.39, 0.29) is 0 Å². The van der Waals surface area contributed by atoms with E-state index in [9.17, 15) is 0 Å². The maximum atomic E-state index is 4.45. The minimum atomic E-state index is 0.990. The highest BCUT2D eigenvalue weighted by molar-refractivity contribution is 5.81. The molecule has 1 N–H and O–H groups in total. The van der Waals surface area contributed by atoms with E-state index in [1.54, 1.807) is 0 Å². The Morgan fingerprint density at radius 3 is 2.94 bits per heavy atom. The second-order valence-corrected chi connectivity index (χ2v) is 4.07. The summed E-state index contributed by atoms with van der Waals surface area (Å²) in [5.74, 6) is 0. The summed E-state index contributed by atoms with van der Waals surface area (Å²) in [4.78, 5) is 4.45. The fourth-order valence-electron chi connectivity index (χ4n) is 1.92. The van der Waals surface area contributed by atoms with E-state index in [0.717, 1.165) is 31.4 Å². The van der Waals surface area contributed by atoms with E-state index < -0.39 is 0 Å². The van der Waals surface area contributed by atoms with Crippen molar-refractivity contribution in [1.29, 1.82) is 0 Å². The molecule has 17 heavy (non-hydrogen) atoms. The predicted octanol–water partition coefficient (Wildman–Crippen LogP) is 2.94. The van der Waals surface area contributed by atoms with Gasteiger partial charge in [-0.05, 0) is 37.6 Å². The molecule has 1 aromatic carbocycles. The van der Waals surface area contributed by atoms with Crippen LogP contribution in [0.2, 0.25) is 0 Å². The Hall–Kier alpha value is -1.67. The lowest BCUT2D eigenvalue weighted by molar-refractivity contribution is 0.691. The Morgan fingerprint density at radius 2 is 2.06 bits per heavy atom. The van der Waals surface area contributed by atoms with Gasteiger partial charge in [-0.1, -0.05) is 30.3 Å². The molecule has 2 heteroatoms. The largest absolute Gasteiger partial charge is 0.316 e. The molecule has 0 bridgehead atoms. The summed E-state index contributed by atoms with van der Waals surface area (Å²) in [6.45, 7) is 5.70. The number of nitrogens with zero attached hydrogens (tertiary/aromatic N) is 1. The van der Waals surface area contributed by atoms with Crippen molar-refractivity contribution in [2.75, 3.05) is 13.1 Å². The summed E-state index contributed by atoms with van der Waals surface area (Å²) in [6, 6.07) is 10.5. The van der Waals surface area contributed by atoms with Crippen molar-refractivity contribution in [3.63, 3.8) is 0 Å². The molecule has 0 saturated carbocycles. The smallest absolute Gasteiger partial charge is 0.0734 e. The molecule has 2 aromatic rings. The van der Waals surface area contributed by atoms with Gasteiger partial charge >= 0.3 is 0 Å². The maximum absolute atomic E-state index is 4.45. The number of hydrogen-bond donors (Lipinski definition) is 1. The lowest BCUT2D eigenvalue weighted by Gasteiger charge is -2.06. The number of pyridine rings is 1. The van der Waals surface area contributed by atoms with Crippen molar-refractivity contribution in [2.24, 2.45) is 0 Å². The molecule has 0 unspecified atom stereocenters. The zero-order valence-electron chi connectivity index (χ0n) is 10.0. The van der Waals surface area contributed by atoms with E-state index in [0.29, 0.717) is 0 Å². The lowest BCUT2D eigenvalue weighted by Crippen LogP contribution is -2.18. The molecule has 0 aliphatic heterocycles. The standard InChI is InChI=1S/C15H18N2/c1-2-3-10-16-12-9-14-7-4-6-13-8-5-11-17-15(13)14/h2,4-8,11,16H,1,3,9-10,12H2. The molecule has 0 radical (unpaired) electrons. The van der Waals surface area contributed by atoms with Crippen LogP contribution in [0.15, 0.2) is 49.2 Å². The molecule has 0 saturated heterocycles. The van der Waals surface area contributed by atoms with Gasteiger partial charge in [-0.2, -0.15) is 0 Å². The van der Waals surface area contributed by atoms with Crippen LogP contribution in [0.4, 0.5) is 0 Å². The van der Waals surface area contributed by atoms with Crippen LogP contribution in [-0.4, -0.2) is 18.1 Å². The van der Waals surface area contributed by atoms with Crippen LogP contribution in [-0.2, 0) is 6.42 Å². The second kappa shape index (κ2) is 6.16. The van der Waals surface area contributed by atoms with Gasteiger partial charge in [0, 0.05) is 11.6 Å². The molecule has 1 aromatic heterocycles. The van der Waals surface area contributed by atoms with Crippen molar-refractivity contribution in [2.45, 2.75) is 12.8 Å². The first-order valence-corrected chi connectivity index (χ1v) is 6.06. The Kier molecular flexibility index (Phi) is 4.28. The first-order valence-electron chi connectivity index (χ1n) is 6.06. The molecule has 0 fully saturated rings. The minimum Gasteiger partial charge on any atom is -0.316 e. The van der Waals surface area contributed by atoms with Gasteiger partial charge < -0.3 is 5.32 Å². The fraction of sp³-hybridized carbons (Fsp3) is 0.267. The molecule has 2 nitrogen and oxygen atoms in total. The summed E-state index contributed by atoms with van der Waals surface area (Å²) in [5.41, 5.74) is 2.44. The quantitative estimate of drug-likeness (QED) is 0.605. The summed E-state index contributed by atoms with van der Waals surface area (Å²) in [7, 11) is 0. The van der Waals surface area contributed by atoms with Gasteiger partial charge in [0.15, 0.2) is 0 Å². The van der Waals surface area contributed by atoms with E-state index in [1.165, 1.54) is 10.9 Å². The first-order chi connectivity index (χ1) is 8.42. The summed E-state index contributed by atoms with van der Waals surface area (Å²) < 4.78 is 0. The molecule has 0 aliphatic rings. The average Bonchev–Trinajstić information content (AvgIpc) is 2.39. The van der Waals surface area contributed by atoms with Gasteiger partial charge in [-0.3, -0.25) is 4.98 Å². The number of hydrogen-bond acceptors (Lipinski definition) is 2. The zero-order valence-corrected chi connectivity index (χ0v) is 10.0. The lowest BCUT2D eigenvalue weighted by atomic mass is 10.1. The van der Waals surface area contributed by atoms with Crippen LogP contribution >= 0.6 is 0 Å². The van der Waals surface area contributed by atoms with E-state index in [4.69, 9.17) is 0 Å². The number of rotatable bonds is 6. The van der Waals surface area contributed by atoms with Crippen molar-refractivity contribution < 1.29 is 0 Å². The van der Waals surface area contributed by atoms with Crippen LogP contribution in [0.25, 0.3) is 10.9 Å². The molecule has 0 atom stereocenters. The van der Waals surface area contributed by atoms with Crippen LogP contribution in [0.1, 0.15) is 12.0 Å². The fourth-order valence-corrected chi connectivity index (χ4v) is 1.92. The third kappa shape index (κ3) is 3.14. The highest BCUT2D eigenvalue weighted by Crippen LogP contribution is 2.15. The van der Waals surface area contributed by atoms with Gasteiger partial charge in [-0.15, -0.1) is 6.58 Å². The highest BCUT2D eigenvalue weighted by Gasteiger charge is 2.00. The second-order valence-electron chi connectivity index (χ2n) is 4.07. The predicted molar refractivity (Wildman–Crippen MR) is 73.1 cm³/mol. The van der Waals surface area contributed by atoms with Crippen LogP contribution in [0.3, 0.4) is 0 Å². The highest BCUT2D eigenvalue weighted by atomic mass is 14.8. The monoisotopic (exact) mass is 226 g/mol. The Bertz CT molecular complexity index is 486. The van der Waals surface area contributed by atoms with Crippen molar-refractivity contribution in [3.8, 4) is 0 Å². The molecule has 0 amide bonds. The van der Waals surface area contributed by atoms with Crippen LogP contribution < -0.4 is 5.32 Å². The summed E-state index contributed by atoms with van der Waals surface area (Å²) in [6.07, 6.45) is 5.84.